The maximum atomic E-state index is 11.6. The van der Waals surface area contributed by atoms with Gasteiger partial charge in [0.05, 0.1) is 0 Å². The zero-order valence-electron chi connectivity index (χ0n) is 8.08. The first-order chi connectivity index (χ1) is 6.11. The highest BCUT2D eigenvalue weighted by molar-refractivity contribution is 8.23. The SMILES string of the molecule is CC(C)CCC(=O)N1CCSC1=S. The zero-order chi connectivity index (χ0) is 9.84. The number of thiocarbonyl (C=S) groups is 1. The van der Waals surface area contributed by atoms with Crippen molar-refractivity contribution in [3.8, 4) is 0 Å². The average molecular weight is 217 g/mol. The van der Waals surface area contributed by atoms with Crippen molar-refractivity contribution in [2.45, 2.75) is 26.7 Å². The monoisotopic (exact) mass is 217 g/mol. The lowest BCUT2D eigenvalue weighted by molar-refractivity contribution is -0.127. The van der Waals surface area contributed by atoms with Crippen molar-refractivity contribution in [2.75, 3.05) is 12.3 Å². The number of hydrogen-bond donors (Lipinski definition) is 0. The van der Waals surface area contributed by atoms with Crippen LogP contribution in [0.4, 0.5) is 0 Å². The van der Waals surface area contributed by atoms with Crippen molar-refractivity contribution in [2.24, 2.45) is 5.92 Å². The highest BCUT2D eigenvalue weighted by Gasteiger charge is 2.23. The Morgan fingerprint density at radius 2 is 2.38 bits per heavy atom. The average Bonchev–Trinajstić information content (AvgIpc) is 2.47. The Hall–Kier alpha value is -0.0900. The van der Waals surface area contributed by atoms with Gasteiger partial charge >= 0.3 is 0 Å². The van der Waals surface area contributed by atoms with Crippen LogP contribution in [-0.2, 0) is 4.79 Å². The smallest absolute Gasteiger partial charge is 0.228 e. The zero-order valence-corrected chi connectivity index (χ0v) is 9.71. The van der Waals surface area contributed by atoms with E-state index >= 15 is 0 Å². The molecule has 1 fully saturated rings. The molecule has 0 aromatic heterocycles. The van der Waals surface area contributed by atoms with Gasteiger partial charge in [-0.1, -0.05) is 37.8 Å². The van der Waals surface area contributed by atoms with Crippen LogP contribution in [0.5, 0.6) is 0 Å². The van der Waals surface area contributed by atoms with Gasteiger partial charge in [0.25, 0.3) is 0 Å². The molecule has 2 nitrogen and oxygen atoms in total. The Morgan fingerprint density at radius 1 is 1.69 bits per heavy atom. The minimum atomic E-state index is 0.198. The van der Waals surface area contributed by atoms with Crippen LogP contribution in [0.25, 0.3) is 0 Å². The maximum Gasteiger partial charge on any atom is 0.228 e. The summed E-state index contributed by atoms with van der Waals surface area (Å²) in [6.45, 7) is 5.06. The third-order valence-corrected chi connectivity index (χ3v) is 3.43. The molecule has 0 aromatic rings. The maximum absolute atomic E-state index is 11.6. The molecule has 0 atom stereocenters. The van der Waals surface area contributed by atoms with E-state index in [4.69, 9.17) is 12.2 Å². The summed E-state index contributed by atoms with van der Waals surface area (Å²) in [4.78, 5) is 13.3. The quantitative estimate of drug-likeness (QED) is 0.677. The number of rotatable bonds is 3. The van der Waals surface area contributed by atoms with Crippen molar-refractivity contribution in [1.82, 2.24) is 4.90 Å². The van der Waals surface area contributed by atoms with E-state index in [0.29, 0.717) is 12.3 Å². The van der Waals surface area contributed by atoms with Crippen LogP contribution in [-0.4, -0.2) is 27.4 Å². The van der Waals surface area contributed by atoms with Crippen molar-refractivity contribution < 1.29 is 4.79 Å². The van der Waals surface area contributed by atoms with Crippen molar-refractivity contribution in [3.05, 3.63) is 0 Å². The standard InChI is InChI=1S/C9H15NOS2/c1-7(2)3-4-8(11)10-5-6-13-9(10)12/h7H,3-6H2,1-2H3. The Balaban J connectivity index is 2.34. The van der Waals surface area contributed by atoms with Gasteiger partial charge in [-0.3, -0.25) is 9.69 Å². The lowest BCUT2D eigenvalue weighted by atomic mass is 10.1. The van der Waals surface area contributed by atoms with E-state index in [9.17, 15) is 4.79 Å². The Labute approximate surface area is 89.1 Å². The summed E-state index contributed by atoms with van der Waals surface area (Å²) < 4.78 is 0.758. The van der Waals surface area contributed by atoms with Gasteiger partial charge in [0.15, 0.2) is 0 Å². The highest BCUT2D eigenvalue weighted by Crippen LogP contribution is 2.19. The van der Waals surface area contributed by atoms with Crippen LogP contribution in [0.3, 0.4) is 0 Å². The topological polar surface area (TPSA) is 20.3 Å². The Morgan fingerprint density at radius 3 is 2.85 bits per heavy atom. The number of carbonyl (C=O) groups is 1. The van der Waals surface area contributed by atoms with E-state index in [0.717, 1.165) is 23.0 Å². The third-order valence-electron chi connectivity index (χ3n) is 2.00. The molecule has 0 radical (unpaired) electrons. The van der Waals surface area contributed by atoms with Gasteiger partial charge in [-0.15, -0.1) is 0 Å². The Bertz CT molecular complexity index is 216. The highest BCUT2D eigenvalue weighted by atomic mass is 32.2. The van der Waals surface area contributed by atoms with E-state index in [1.807, 2.05) is 0 Å². The van der Waals surface area contributed by atoms with E-state index in [-0.39, 0.29) is 5.91 Å². The molecule has 0 aromatic carbocycles. The van der Waals surface area contributed by atoms with E-state index in [1.54, 1.807) is 16.7 Å². The molecule has 4 heteroatoms. The second kappa shape index (κ2) is 4.96. The molecule has 0 bridgehead atoms. The summed E-state index contributed by atoms with van der Waals surface area (Å²) >= 11 is 6.67. The molecule has 0 N–H and O–H groups in total. The van der Waals surface area contributed by atoms with Crippen LogP contribution < -0.4 is 0 Å². The van der Waals surface area contributed by atoms with Gasteiger partial charge in [-0.2, -0.15) is 0 Å². The summed E-state index contributed by atoms with van der Waals surface area (Å²) in [5, 5.41) is 0. The number of nitrogens with zero attached hydrogens (tertiary/aromatic N) is 1. The lowest BCUT2D eigenvalue weighted by Crippen LogP contribution is -2.30. The molecule has 1 saturated heterocycles. The second-order valence-corrected chi connectivity index (χ2v) is 5.32. The first-order valence-corrected chi connectivity index (χ1v) is 5.97. The van der Waals surface area contributed by atoms with Gasteiger partial charge in [-0.25, -0.2) is 0 Å². The number of hydrogen-bond acceptors (Lipinski definition) is 3. The van der Waals surface area contributed by atoms with Gasteiger partial charge in [0.1, 0.15) is 4.32 Å². The van der Waals surface area contributed by atoms with Gasteiger partial charge in [0, 0.05) is 18.7 Å². The molecule has 0 aliphatic carbocycles. The fraction of sp³-hybridized carbons (Fsp3) is 0.778. The minimum absolute atomic E-state index is 0.198. The fourth-order valence-corrected chi connectivity index (χ4v) is 2.41. The molecular formula is C9H15NOS2. The molecule has 13 heavy (non-hydrogen) atoms. The van der Waals surface area contributed by atoms with Gasteiger partial charge in [0.2, 0.25) is 5.91 Å². The molecule has 1 amide bonds. The van der Waals surface area contributed by atoms with Crippen molar-refractivity contribution >= 4 is 34.2 Å². The molecule has 1 aliphatic rings. The first-order valence-electron chi connectivity index (χ1n) is 4.58. The summed E-state index contributed by atoms with van der Waals surface area (Å²) in [6, 6.07) is 0. The lowest BCUT2D eigenvalue weighted by Gasteiger charge is -2.14. The van der Waals surface area contributed by atoms with E-state index in [1.165, 1.54) is 0 Å². The van der Waals surface area contributed by atoms with Gasteiger partial charge in [-0.05, 0) is 12.3 Å². The number of amides is 1. The van der Waals surface area contributed by atoms with Crippen LogP contribution in [0.2, 0.25) is 0 Å². The van der Waals surface area contributed by atoms with Crippen LogP contribution in [0.15, 0.2) is 0 Å². The number of thioether (sulfide) groups is 1. The van der Waals surface area contributed by atoms with Crippen molar-refractivity contribution in [3.63, 3.8) is 0 Å². The number of carbonyl (C=O) groups excluding carboxylic acids is 1. The fourth-order valence-electron chi connectivity index (χ4n) is 1.17. The molecule has 1 heterocycles. The van der Waals surface area contributed by atoms with Gasteiger partial charge < -0.3 is 0 Å². The molecule has 0 saturated carbocycles. The molecule has 1 aliphatic heterocycles. The molecule has 74 valence electrons. The summed E-state index contributed by atoms with van der Waals surface area (Å²) in [7, 11) is 0. The Kier molecular flexibility index (Phi) is 4.19. The van der Waals surface area contributed by atoms with Crippen LogP contribution in [0, 0.1) is 5.92 Å². The molecule has 1 rings (SSSR count). The summed E-state index contributed by atoms with van der Waals surface area (Å²) in [5.74, 6) is 1.75. The van der Waals surface area contributed by atoms with Crippen LogP contribution >= 0.6 is 24.0 Å². The summed E-state index contributed by atoms with van der Waals surface area (Å²) in [5.41, 5.74) is 0. The molecule has 0 unspecified atom stereocenters. The van der Waals surface area contributed by atoms with E-state index < -0.39 is 0 Å². The third kappa shape index (κ3) is 3.27. The molecular weight excluding hydrogens is 202 g/mol. The largest absolute Gasteiger partial charge is 0.297 e. The molecule has 0 spiro atoms. The van der Waals surface area contributed by atoms with E-state index in [2.05, 4.69) is 13.8 Å². The normalized spacial score (nSPS) is 17.2. The predicted octanol–water partition coefficient (Wildman–Crippen LogP) is 2.28. The second-order valence-electron chi connectivity index (χ2n) is 3.59. The minimum Gasteiger partial charge on any atom is -0.297 e. The van der Waals surface area contributed by atoms with Crippen molar-refractivity contribution in [1.29, 1.82) is 0 Å². The predicted molar refractivity (Wildman–Crippen MR) is 60.8 cm³/mol. The first kappa shape index (κ1) is 11.0. The van der Waals surface area contributed by atoms with Crippen LogP contribution in [0.1, 0.15) is 26.7 Å². The summed E-state index contributed by atoms with van der Waals surface area (Å²) in [6.07, 6.45) is 1.60.